The van der Waals surface area contributed by atoms with Crippen LogP contribution < -0.4 is 0 Å². The monoisotopic (exact) mass is 489 g/mol. The zero-order valence-corrected chi connectivity index (χ0v) is 21.0. The fourth-order valence-electron chi connectivity index (χ4n) is 4.99. The summed E-state index contributed by atoms with van der Waals surface area (Å²) in [7, 11) is 0. The zero-order chi connectivity index (χ0) is 24.6. The summed E-state index contributed by atoms with van der Waals surface area (Å²) in [6.07, 6.45) is 0. The molecule has 0 saturated carbocycles. The standard InChI is InChI=1S/C35H23NS/c1-3-10-24(11-4-1)32-22-29(23-33(36-32)25-12-5-2-6-13-25)27-15-9-14-26(20-27)28-18-19-35-31(21-28)30-16-7-8-17-34(30)37-35/h1-23H. The Balaban J connectivity index is 1.36. The summed E-state index contributed by atoms with van der Waals surface area (Å²) in [4.78, 5) is 5.04. The Morgan fingerprint density at radius 2 is 0.892 bits per heavy atom. The lowest BCUT2D eigenvalue weighted by molar-refractivity contribution is 1.32. The van der Waals surface area contributed by atoms with Crippen LogP contribution in [0.15, 0.2) is 140 Å². The lowest BCUT2D eigenvalue weighted by atomic mass is 9.96. The molecule has 0 atom stereocenters. The Morgan fingerprint density at radius 1 is 0.351 bits per heavy atom. The summed E-state index contributed by atoms with van der Waals surface area (Å²) in [6.45, 7) is 0. The van der Waals surface area contributed by atoms with E-state index in [1.807, 2.05) is 23.5 Å². The molecule has 7 aromatic rings. The maximum atomic E-state index is 5.04. The highest BCUT2D eigenvalue weighted by atomic mass is 32.1. The molecule has 174 valence electrons. The second-order valence-corrected chi connectivity index (χ2v) is 10.3. The van der Waals surface area contributed by atoms with E-state index in [4.69, 9.17) is 4.98 Å². The van der Waals surface area contributed by atoms with Crippen LogP contribution >= 0.6 is 11.3 Å². The van der Waals surface area contributed by atoms with Crippen LogP contribution in [0, 0.1) is 0 Å². The topological polar surface area (TPSA) is 12.9 Å². The van der Waals surface area contributed by atoms with Gasteiger partial charge in [-0.15, -0.1) is 11.3 Å². The molecular weight excluding hydrogens is 466 g/mol. The van der Waals surface area contributed by atoms with Gasteiger partial charge in [-0.25, -0.2) is 4.98 Å². The minimum absolute atomic E-state index is 0.980. The van der Waals surface area contributed by atoms with E-state index in [0.717, 1.165) is 28.1 Å². The van der Waals surface area contributed by atoms with E-state index in [1.54, 1.807) is 0 Å². The number of fused-ring (bicyclic) bond motifs is 3. The number of pyridine rings is 1. The highest BCUT2D eigenvalue weighted by Gasteiger charge is 2.11. The van der Waals surface area contributed by atoms with Gasteiger partial charge in [0.2, 0.25) is 0 Å². The third-order valence-electron chi connectivity index (χ3n) is 6.87. The summed E-state index contributed by atoms with van der Waals surface area (Å²) in [6, 6.07) is 49.6. The summed E-state index contributed by atoms with van der Waals surface area (Å²) in [5, 5.41) is 2.65. The highest BCUT2D eigenvalue weighted by molar-refractivity contribution is 7.25. The van der Waals surface area contributed by atoms with Crippen molar-refractivity contribution in [1.29, 1.82) is 0 Å². The van der Waals surface area contributed by atoms with Crippen LogP contribution in [0.3, 0.4) is 0 Å². The van der Waals surface area contributed by atoms with Crippen LogP contribution in [0.2, 0.25) is 0 Å². The first-order valence-corrected chi connectivity index (χ1v) is 13.3. The van der Waals surface area contributed by atoms with Gasteiger partial charge >= 0.3 is 0 Å². The Kier molecular flexibility index (Phi) is 5.38. The van der Waals surface area contributed by atoms with Crippen LogP contribution in [0.5, 0.6) is 0 Å². The van der Waals surface area contributed by atoms with Crippen molar-refractivity contribution in [3.8, 4) is 44.8 Å². The molecule has 37 heavy (non-hydrogen) atoms. The number of rotatable bonds is 4. The van der Waals surface area contributed by atoms with Gasteiger partial charge in [-0.2, -0.15) is 0 Å². The minimum Gasteiger partial charge on any atom is -0.248 e. The van der Waals surface area contributed by atoms with Crippen molar-refractivity contribution in [2.75, 3.05) is 0 Å². The molecule has 0 unspecified atom stereocenters. The smallest absolute Gasteiger partial charge is 0.0715 e. The van der Waals surface area contributed by atoms with Crippen LogP contribution in [-0.4, -0.2) is 4.98 Å². The van der Waals surface area contributed by atoms with E-state index < -0.39 is 0 Å². The average molecular weight is 490 g/mol. The van der Waals surface area contributed by atoms with Gasteiger partial charge in [0.1, 0.15) is 0 Å². The molecule has 0 fully saturated rings. The van der Waals surface area contributed by atoms with E-state index in [1.165, 1.54) is 36.9 Å². The number of benzene rings is 5. The molecular formula is C35H23NS. The summed E-state index contributed by atoms with van der Waals surface area (Å²) in [5.41, 5.74) is 9.00. The number of aromatic nitrogens is 1. The average Bonchev–Trinajstić information content (AvgIpc) is 3.36. The van der Waals surface area contributed by atoms with Crippen molar-refractivity contribution in [1.82, 2.24) is 4.98 Å². The van der Waals surface area contributed by atoms with Gasteiger partial charge in [-0.3, -0.25) is 0 Å². The van der Waals surface area contributed by atoms with Crippen LogP contribution in [-0.2, 0) is 0 Å². The number of nitrogens with zero attached hydrogens (tertiary/aromatic N) is 1. The molecule has 5 aromatic carbocycles. The van der Waals surface area contributed by atoms with Crippen molar-refractivity contribution >= 4 is 31.5 Å². The van der Waals surface area contributed by atoms with E-state index in [0.29, 0.717) is 0 Å². The van der Waals surface area contributed by atoms with E-state index in [9.17, 15) is 0 Å². The Labute approximate surface area is 220 Å². The Bertz CT molecular complexity index is 1810. The molecule has 0 N–H and O–H groups in total. The fourth-order valence-corrected chi connectivity index (χ4v) is 6.08. The molecule has 0 aliphatic carbocycles. The fraction of sp³-hybridized carbons (Fsp3) is 0. The first-order chi connectivity index (χ1) is 18.3. The van der Waals surface area contributed by atoms with Gasteiger partial charge < -0.3 is 0 Å². The molecule has 0 aliphatic rings. The van der Waals surface area contributed by atoms with Gasteiger partial charge in [0.25, 0.3) is 0 Å². The lowest BCUT2D eigenvalue weighted by Crippen LogP contribution is -1.91. The first-order valence-electron chi connectivity index (χ1n) is 12.5. The highest BCUT2D eigenvalue weighted by Crippen LogP contribution is 2.37. The first kappa shape index (κ1) is 21.7. The second-order valence-electron chi connectivity index (χ2n) is 9.25. The lowest BCUT2D eigenvalue weighted by Gasteiger charge is -2.11. The Morgan fingerprint density at radius 3 is 1.59 bits per heavy atom. The molecule has 2 heterocycles. The zero-order valence-electron chi connectivity index (χ0n) is 20.1. The predicted molar refractivity (Wildman–Crippen MR) is 159 cm³/mol. The molecule has 0 saturated heterocycles. The second kappa shape index (κ2) is 9.16. The van der Waals surface area contributed by atoms with Gasteiger partial charge in [-0.1, -0.05) is 103 Å². The maximum absolute atomic E-state index is 5.04. The quantitative estimate of drug-likeness (QED) is 0.240. The summed E-state index contributed by atoms with van der Waals surface area (Å²) < 4.78 is 2.66. The molecule has 2 aromatic heterocycles. The van der Waals surface area contributed by atoms with Gasteiger partial charge in [0.15, 0.2) is 0 Å². The molecule has 2 heteroatoms. The summed E-state index contributed by atoms with van der Waals surface area (Å²) in [5.74, 6) is 0. The predicted octanol–water partition coefficient (Wildman–Crippen LogP) is 10.1. The van der Waals surface area contributed by atoms with E-state index in [2.05, 4.69) is 127 Å². The Hall–Kier alpha value is -4.53. The molecule has 0 spiro atoms. The van der Waals surface area contributed by atoms with Crippen molar-refractivity contribution in [3.05, 3.63) is 140 Å². The van der Waals surface area contributed by atoms with Crippen LogP contribution in [0.4, 0.5) is 0 Å². The molecule has 0 radical (unpaired) electrons. The van der Waals surface area contributed by atoms with Crippen molar-refractivity contribution in [2.45, 2.75) is 0 Å². The molecule has 0 bridgehead atoms. The van der Waals surface area contributed by atoms with Gasteiger partial charge in [0.05, 0.1) is 11.4 Å². The SMILES string of the molecule is c1ccc(-c2cc(-c3cccc(-c4ccc5sc6ccccc6c5c4)c3)cc(-c3ccccc3)n2)cc1. The number of thiophene rings is 1. The van der Waals surface area contributed by atoms with Crippen molar-refractivity contribution in [3.63, 3.8) is 0 Å². The normalized spacial score (nSPS) is 11.2. The number of hydrogen-bond acceptors (Lipinski definition) is 2. The summed E-state index contributed by atoms with van der Waals surface area (Å²) >= 11 is 1.86. The van der Waals surface area contributed by atoms with Gasteiger partial charge in [0, 0.05) is 31.3 Å². The largest absolute Gasteiger partial charge is 0.248 e. The maximum Gasteiger partial charge on any atom is 0.0715 e. The van der Waals surface area contributed by atoms with Crippen molar-refractivity contribution < 1.29 is 0 Å². The van der Waals surface area contributed by atoms with Gasteiger partial charge in [-0.05, 0) is 58.7 Å². The molecule has 0 amide bonds. The van der Waals surface area contributed by atoms with E-state index in [-0.39, 0.29) is 0 Å². The molecule has 0 aliphatic heterocycles. The van der Waals surface area contributed by atoms with Crippen LogP contribution in [0.1, 0.15) is 0 Å². The van der Waals surface area contributed by atoms with Crippen molar-refractivity contribution in [2.24, 2.45) is 0 Å². The number of hydrogen-bond donors (Lipinski definition) is 0. The third-order valence-corrected chi connectivity index (χ3v) is 8.02. The minimum atomic E-state index is 0.980. The third kappa shape index (κ3) is 4.12. The molecule has 1 nitrogen and oxygen atoms in total. The molecule has 7 rings (SSSR count). The van der Waals surface area contributed by atoms with E-state index >= 15 is 0 Å². The van der Waals surface area contributed by atoms with Crippen LogP contribution in [0.25, 0.3) is 64.9 Å².